The van der Waals surface area contributed by atoms with Crippen LogP contribution in [-0.2, 0) is 23.9 Å². The molecule has 5 nitrogen and oxygen atoms in total. The Morgan fingerprint density at radius 3 is 2.44 bits per heavy atom. The van der Waals surface area contributed by atoms with Gasteiger partial charge in [-0.25, -0.2) is 0 Å². The van der Waals surface area contributed by atoms with Crippen molar-refractivity contribution in [2.24, 2.45) is 5.92 Å². The van der Waals surface area contributed by atoms with Crippen LogP contribution >= 0.6 is 11.6 Å². The maximum Gasteiger partial charge on any atom is 0.253 e. The number of nitrogens with one attached hydrogen (secondary N) is 1. The number of amides is 1. The number of hydrogen-bond acceptors (Lipinski definition) is 4. The fourth-order valence-electron chi connectivity index (χ4n) is 4.78. The summed E-state index contributed by atoms with van der Waals surface area (Å²) in [7, 11) is -0.983. The monoisotopic (exact) mass is 521 g/mol. The molecule has 2 aromatic carbocycles. The first-order valence-corrected chi connectivity index (χ1v) is 13.9. The van der Waals surface area contributed by atoms with E-state index in [4.69, 9.17) is 16.6 Å². The van der Waals surface area contributed by atoms with Crippen molar-refractivity contribution in [2.75, 3.05) is 5.75 Å². The van der Waals surface area contributed by atoms with Crippen LogP contribution in [0.15, 0.2) is 78.3 Å². The summed E-state index contributed by atoms with van der Waals surface area (Å²) in [4.78, 5) is 21.0. The zero-order valence-corrected chi connectivity index (χ0v) is 22.5. The van der Waals surface area contributed by atoms with Crippen molar-refractivity contribution in [3.8, 4) is 0 Å². The Labute approximate surface area is 221 Å². The summed E-state index contributed by atoms with van der Waals surface area (Å²) in [5, 5.41) is 3.70. The summed E-state index contributed by atoms with van der Waals surface area (Å²) < 4.78 is 11.9. The number of carbonyl (C=O) groups excluding carboxylic acids is 1. The number of nitrogens with zero attached hydrogens (tertiary/aromatic N) is 2. The summed E-state index contributed by atoms with van der Waals surface area (Å²) in [6, 6.07) is 17.4. The molecule has 1 N–H and O–H groups in total. The Hall–Kier alpha value is -2.80. The average molecular weight is 522 g/mol. The second-order valence-electron chi connectivity index (χ2n) is 9.33. The third kappa shape index (κ3) is 5.61. The Kier molecular flexibility index (Phi) is 8.39. The molecule has 0 fully saturated rings. The zero-order chi connectivity index (χ0) is 25.8. The van der Waals surface area contributed by atoms with E-state index < -0.39 is 10.8 Å². The van der Waals surface area contributed by atoms with E-state index in [1.165, 1.54) is 0 Å². The number of halogens is 1. The predicted octanol–water partition coefficient (Wildman–Crippen LogP) is 6.23. The molecule has 3 atom stereocenters. The highest BCUT2D eigenvalue weighted by Gasteiger charge is 2.40. The summed E-state index contributed by atoms with van der Waals surface area (Å²) in [5.74, 6) is 0.742. The minimum Gasteiger partial charge on any atom is -0.348 e. The van der Waals surface area contributed by atoms with Crippen LogP contribution in [0.1, 0.15) is 65.6 Å². The van der Waals surface area contributed by atoms with Gasteiger partial charge < -0.3 is 5.32 Å². The van der Waals surface area contributed by atoms with Crippen molar-refractivity contribution >= 4 is 28.3 Å². The van der Waals surface area contributed by atoms with Gasteiger partial charge in [0.05, 0.1) is 34.1 Å². The summed E-state index contributed by atoms with van der Waals surface area (Å²) >= 11 is 6.08. The van der Waals surface area contributed by atoms with Gasteiger partial charge in [-0.15, -0.1) is 6.58 Å². The molecule has 0 bridgehead atoms. The number of benzene rings is 2. The van der Waals surface area contributed by atoms with Gasteiger partial charge in [0, 0.05) is 35.0 Å². The molecule has 188 valence electrons. The minimum atomic E-state index is -0.983. The third-order valence-electron chi connectivity index (χ3n) is 6.56. The fourth-order valence-corrected chi connectivity index (χ4v) is 5.68. The summed E-state index contributed by atoms with van der Waals surface area (Å²) in [6.07, 6.45) is 3.60. The SMILES string of the molecule is C=C[C@@H]1c2cc(C(=O)NCc3ccc(S(=O)CC)cc3)cnc2[C@H](C(C)C)N1Cc1ccc(Cl)cc1. The zero-order valence-electron chi connectivity index (χ0n) is 20.9. The lowest BCUT2D eigenvalue weighted by atomic mass is 9.98. The highest BCUT2D eigenvalue weighted by atomic mass is 35.5. The number of hydrogen-bond donors (Lipinski definition) is 1. The van der Waals surface area contributed by atoms with Crippen LogP contribution < -0.4 is 5.32 Å². The number of aromatic nitrogens is 1. The van der Waals surface area contributed by atoms with Crippen LogP contribution in [0.25, 0.3) is 0 Å². The molecule has 0 saturated heterocycles. The lowest BCUT2D eigenvalue weighted by molar-refractivity contribution is 0.0950. The number of pyridine rings is 1. The molecular weight excluding hydrogens is 490 g/mol. The number of carbonyl (C=O) groups is 1. The van der Waals surface area contributed by atoms with E-state index >= 15 is 0 Å². The first kappa shape index (κ1) is 26.3. The highest BCUT2D eigenvalue weighted by Crippen LogP contribution is 2.46. The van der Waals surface area contributed by atoms with Crippen LogP contribution in [0.4, 0.5) is 0 Å². The molecule has 2 heterocycles. The molecule has 0 aliphatic carbocycles. The van der Waals surface area contributed by atoms with Crippen molar-refractivity contribution in [3.63, 3.8) is 0 Å². The highest BCUT2D eigenvalue weighted by molar-refractivity contribution is 7.85. The molecule has 1 aromatic heterocycles. The van der Waals surface area contributed by atoms with Crippen molar-refractivity contribution in [2.45, 2.75) is 50.8 Å². The molecule has 0 spiro atoms. The number of fused-ring (bicyclic) bond motifs is 1. The van der Waals surface area contributed by atoms with Gasteiger partial charge in [0.15, 0.2) is 0 Å². The smallest absolute Gasteiger partial charge is 0.253 e. The van der Waals surface area contributed by atoms with E-state index in [0.29, 0.717) is 28.8 Å². The molecule has 1 aliphatic heterocycles. The second-order valence-corrected chi connectivity index (χ2v) is 11.5. The van der Waals surface area contributed by atoms with Crippen LogP contribution in [0.3, 0.4) is 0 Å². The van der Waals surface area contributed by atoms with E-state index in [-0.39, 0.29) is 18.0 Å². The molecule has 4 rings (SSSR count). The van der Waals surface area contributed by atoms with Crippen molar-refractivity contribution < 1.29 is 9.00 Å². The second kappa shape index (κ2) is 11.5. The topological polar surface area (TPSA) is 62.3 Å². The molecule has 7 heteroatoms. The van der Waals surface area contributed by atoms with Crippen LogP contribution in [0.5, 0.6) is 0 Å². The third-order valence-corrected chi connectivity index (χ3v) is 8.13. The minimum absolute atomic E-state index is 0.0460. The van der Waals surface area contributed by atoms with E-state index in [0.717, 1.165) is 33.8 Å². The van der Waals surface area contributed by atoms with Gasteiger partial charge in [-0.05, 0) is 52.9 Å². The predicted molar refractivity (Wildman–Crippen MR) is 146 cm³/mol. The van der Waals surface area contributed by atoms with Crippen LogP contribution in [-0.4, -0.2) is 25.8 Å². The van der Waals surface area contributed by atoms with Gasteiger partial charge >= 0.3 is 0 Å². The molecule has 0 radical (unpaired) electrons. The lowest BCUT2D eigenvalue weighted by Crippen LogP contribution is -2.28. The van der Waals surface area contributed by atoms with Gasteiger partial charge in [0.25, 0.3) is 5.91 Å². The van der Waals surface area contributed by atoms with Gasteiger partial charge in [-0.3, -0.25) is 18.9 Å². The van der Waals surface area contributed by atoms with Gasteiger partial charge in [0.2, 0.25) is 0 Å². The van der Waals surface area contributed by atoms with Crippen molar-refractivity contribution in [1.82, 2.24) is 15.2 Å². The molecular formula is C29H32ClN3O2S. The molecule has 0 saturated carbocycles. The van der Waals surface area contributed by atoms with E-state index in [2.05, 4.69) is 30.6 Å². The first-order valence-electron chi connectivity index (χ1n) is 12.2. The normalized spacial score (nSPS) is 18.1. The molecule has 3 aromatic rings. The standard InChI is InChI=1S/C29H32ClN3O2S/c1-5-26-25-15-22(29(34)32-16-20-9-13-24(14-10-20)36(35)6-2)17-31-27(25)28(19(3)4)33(26)18-21-7-11-23(30)12-8-21/h5,7-15,17,19,26,28H,1,6,16,18H2,2-4H3,(H,32,34)/t26-,28+,36?/m1/s1. The van der Waals surface area contributed by atoms with E-state index in [1.807, 2.05) is 67.6 Å². The molecule has 1 aliphatic rings. The Bertz CT molecular complexity index is 1260. The number of rotatable bonds is 9. The van der Waals surface area contributed by atoms with Crippen molar-refractivity contribution in [1.29, 1.82) is 0 Å². The van der Waals surface area contributed by atoms with Crippen LogP contribution in [0.2, 0.25) is 5.02 Å². The van der Waals surface area contributed by atoms with Gasteiger partial charge in [-0.1, -0.05) is 62.7 Å². The first-order chi connectivity index (χ1) is 17.3. The van der Waals surface area contributed by atoms with E-state index in [9.17, 15) is 9.00 Å². The maximum absolute atomic E-state index is 13.0. The van der Waals surface area contributed by atoms with Crippen molar-refractivity contribution in [3.05, 3.63) is 106 Å². The molecule has 36 heavy (non-hydrogen) atoms. The Morgan fingerprint density at radius 2 is 1.83 bits per heavy atom. The maximum atomic E-state index is 13.0. The largest absolute Gasteiger partial charge is 0.348 e. The Balaban J connectivity index is 1.52. The average Bonchev–Trinajstić information content (AvgIpc) is 3.20. The van der Waals surface area contributed by atoms with Gasteiger partial charge in [0.1, 0.15) is 0 Å². The van der Waals surface area contributed by atoms with E-state index in [1.54, 1.807) is 6.20 Å². The summed E-state index contributed by atoms with van der Waals surface area (Å²) in [6.45, 7) is 11.5. The molecule has 1 unspecified atom stereocenters. The quantitative estimate of drug-likeness (QED) is 0.339. The lowest BCUT2D eigenvalue weighted by Gasteiger charge is -2.31. The van der Waals surface area contributed by atoms with Crippen LogP contribution in [0, 0.1) is 5.92 Å². The Morgan fingerprint density at radius 1 is 1.17 bits per heavy atom. The fraction of sp³-hybridized carbons (Fsp3) is 0.310. The summed E-state index contributed by atoms with van der Waals surface area (Å²) in [5.41, 5.74) is 4.67. The van der Waals surface area contributed by atoms with Gasteiger partial charge in [-0.2, -0.15) is 0 Å². The molecule has 1 amide bonds.